The first-order chi connectivity index (χ1) is 55.5. The number of anilines is 3. The van der Waals surface area contributed by atoms with Gasteiger partial charge in [-0.05, 0) is 234 Å². The third-order valence-electron chi connectivity index (χ3n) is 22.7. The molecule has 112 heavy (non-hydrogen) atoms. The maximum absolute atomic E-state index is 2.45. The summed E-state index contributed by atoms with van der Waals surface area (Å²) in [5.74, 6) is 0. The third-order valence-corrected chi connectivity index (χ3v) is 22.7. The Morgan fingerprint density at radius 1 is 0.125 bits per heavy atom. The van der Waals surface area contributed by atoms with Crippen molar-refractivity contribution >= 4 is 82.5 Å². The van der Waals surface area contributed by atoms with Crippen LogP contribution in [0.25, 0.3) is 183 Å². The van der Waals surface area contributed by atoms with Gasteiger partial charge < -0.3 is 18.6 Å². The van der Waals surface area contributed by atoms with Gasteiger partial charge in [-0.3, -0.25) is 0 Å². The molecule has 0 spiro atoms. The van der Waals surface area contributed by atoms with Gasteiger partial charge in [0.25, 0.3) is 0 Å². The highest BCUT2D eigenvalue weighted by Gasteiger charge is 2.21. The molecule has 4 nitrogen and oxygen atoms in total. The molecule has 18 aromatic carbocycles. The number of nitrogens with zero attached hydrogens (tertiary/aromatic N) is 4. The summed E-state index contributed by atoms with van der Waals surface area (Å²) in [4.78, 5) is 2.36. The number of hydrogen-bond donors (Lipinski definition) is 0. The molecule has 3 aromatic heterocycles. The number of benzene rings is 18. The van der Waals surface area contributed by atoms with Crippen LogP contribution in [0.3, 0.4) is 0 Å². The molecule has 0 fully saturated rings. The van der Waals surface area contributed by atoms with E-state index in [0.717, 1.165) is 56.3 Å². The first kappa shape index (κ1) is 65.5. The zero-order chi connectivity index (χ0) is 74.0. The van der Waals surface area contributed by atoms with E-state index in [1.165, 1.54) is 143 Å². The molecule has 0 amide bonds. The van der Waals surface area contributed by atoms with Crippen LogP contribution in [0.15, 0.2) is 437 Å². The highest BCUT2D eigenvalue weighted by atomic mass is 15.1. The fourth-order valence-electron chi connectivity index (χ4n) is 17.0. The molecule has 0 saturated heterocycles. The van der Waals surface area contributed by atoms with Gasteiger partial charge in [-0.1, -0.05) is 303 Å². The van der Waals surface area contributed by atoms with Gasteiger partial charge in [0.05, 0.1) is 33.1 Å². The largest absolute Gasteiger partial charge is 0.311 e. The van der Waals surface area contributed by atoms with E-state index in [9.17, 15) is 0 Å². The van der Waals surface area contributed by atoms with Crippen LogP contribution in [0.5, 0.6) is 0 Å². The average Bonchev–Trinajstić information content (AvgIpc) is 1.59. The monoisotopic (exact) mass is 1420 g/mol. The van der Waals surface area contributed by atoms with Crippen LogP contribution in [0, 0.1) is 0 Å². The summed E-state index contributed by atoms with van der Waals surface area (Å²) in [5.41, 5.74) is 35.0. The summed E-state index contributed by atoms with van der Waals surface area (Å²) in [6.45, 7) is 0. The summed E-state index contributed by atoms with van der Waals surface area (Å²) < 4.78 is 7.20. The molecule has 0 aliphatic heterocycles. The van der Waals surface area contributed by atoms with Gasteiger partial charge in [-0.25, -0.2) is 0 Å². The first-order valence-electron chi connectivity index (χ1n) is 38.5. The van der Waals surface area contributed by atoms with Gasteiger partial charge >= 0.3 is 0 Å². The minimum Gasteiger partial charge on any atom is -0.311 e. The summed E-state index contributed by atoms with van der Waals surface area (Å²) in [5, 5.41) is 7.37. The van der Waals surface area contributed by atoms with E-state index in [1.54, 1.807) is 0 Å². The van der Waals surface area contributed by atoms with Crippen LogP contribution >= 0.6 is 0 Å². The maximum Gasteiger partial charge on any atom is 0.0541 e. The van der Waals surface area contributed by atoms with E-state index in [2.05, 4.69) is 455 Å². The summed E-state index contributed by atoms with van der Waals surface area (Å²) >= 11 is 0. The van der Waals surface area contributed by atoms with Crippen molar-refractivity contribution in [1.29, 1.82) is 0 Å². The summed E-state index contributed by atoms with van der Waals surface area (Å²) in [7, 11) is 0. The highest BCUT2D eigenvalue weighted by molar-refractivity contribution is 6.14. The first-order valence-corrected chi connectivity index (χ1v) is 38.5. The molecular formula is C108H72N4. The molecule has 21 rings (SSSR count). The molecule has 0 saturated carbocycles. The Morgan fingerprint density at radius 2 is 0.304 bits per heavy atom. The topological polar surface area (TPSA) is 18.0 Å². The van der Waals surface area contributed by atoms with Gasteiger partial charge in [-0.2, -0.15) is 0 Å². The van der Waals surface area contributed by atoms with Crippen molar-refractivity contribution in [2.24, 2.45) is 0 Å². The zero-order valence-electron chi connectivity index (χ0n) is 61.4. The van der Waals surface area contributed by atoms with E-state index < -0.39 is 0 Å². The lowest BCUT2D eigenvalue weighted by Gasteiger charge is -2.26. The molecule has 3 heterocycles. The lowest BCUT2D eigenvalue weighted by Crippen LogP contribution is -2.09. The minimum atomic E-state index is 1.07. The second kappa shape index (κ2) is 27.7. The second-order valence-electron chi connectivity index (χ2n) is 29.2. The molecular weight excluding hydrogens is 1350 g/mol. The number of hydrogen-bond acceptors (Lipinski definition) is 1. The van der Waals surface area contributed by atoms with Crippen LogP contribution in [0.4, 0.5) is 17.1 Å². The Balaban J connectivity index is 0.613. The molecule has 0 aliphatic carbocycles. The van der Waals surface area contributed by atoms with Crippen molar-refractivity contribution in [3.63, 3.8) is 0 Å². The van der Waals surface area contributed by atoms with E-state index in [1.807, 2.05) is 0 Å². The summed E-state index contributed by atoms with van der Waals surface area (Å²) in [6.07, 6.45) is 0. The second-order valence-corrected chi connectivity index (χ2v) is 29.2. The number of para-hydroxylation sites is 4. The van der Waals surface area contributed by atoms with E-state index in [0.29, 0.717) is 0 Å². The van der Waals surface area contributed by atoms with Crippen LogP contribution in [-0.2, 0) is 0 Å². The van der Waals surface area contributed by atoms with Crippen molar-refractivity contribution in [3.8, 4) is 117 Å². The predicted molar refractivity (Wildman–Crippen MR) is 473 cm³/mol. The molecule has 0 bridgehead atoms. The number of aromatic nitrogens is 3. The maximum atomic E-state index is 2.45. The van der Waals surface area contributed by atoms with Crippen molar-refractivity contribution in [1.82, 2.24) is 13.7 Å². The molecule has 524 valence electrons. The van der Waals surface area contributed by atoms with Crippen molar-refractivity contribution in [2.45, 2.75) is 0 Å². The normalized spacial score (nSPS) is 11.6. The van der Waals surface area contributed by atoms with Gasteiger partial charge in [0.1, 0.15) is 0 Å². The van der Waals surface area contributed by atoms with Gasteiger partial charge in [0.15, 0.2) is 0 Å². The smallest absolute Gasteiger partial charge is 0.0541 e. The third kappa shape index (κ3) is 11.8. The number of fused-ring (bicyclic) bond motifs is 9. The highest BCUT2D eigenvalue weighted by Crippen LogP contribution is 2.44. The lowest BCUT2D eigenvalue weighted by molar-refractivity contribution is 1.18. The molecule has 21 aromatic rings. The van der Waals surface area contributed by atoms with E-state index >= 15 is 0 Å². The average molecular weight is 1430 g/mol. The SMILES string of the molecule is c1ccc(-c2ccc(-c3ccc(N(c4ccc(-c5ccc(-c6ccccc6)cc5)cc4)c4ccc(-c5ccc(-n6c7ccc(-c8ccc(-c9ccc%10c(c9)c9ccccc9n%10-c9ccccc9)cc8)cc7c7cc(-c8ccc(-c9ccc%10c(c9)c9ccccc9n%10-c9ccccc9)cc8)ccc76)cc5)cc4)cc3)cc2)cc1. The molecule has 0 unspecified atom stereocenters. The van der Waals surface area contributed by atoms with E-state index in [4.69, 9.17) is 0 Å². The quantitative estimate of drug-likeness (QED) is 0.100. The standard InChI is InChI=1S/C108H72N4/c1-5-17-73(18-6-1)75-29-33-77(34-30-75)79-45-57-93(58-46-79)109(94-59-47-80(48-60-94)78-35-31-76(32-36-78)74-19-7-2-8-20-74)95-61-49-81(50-62-95)82-51-63-96(64-52-82)112-107-67-55-89(85-41-37-83(38-42-85)87-53-65-105-99(69-87)97-25-13-15-27-103(97)110(105)91-21-9-3-10-22-91)71-101(107)102-72-90(56-68-108(102)112)86-43-39-84(40-44-86)88-54-66-106-100(70-88)98-26-14-16-28-104(98)111(106)92-23-11-4-12-24-92/h1-72H. The van der Waals surface area contributed by atoms with Crippen LogP contribution in [0.1, 0.15) is 0 Å². The Kier molecular flexibility index (Phi) is 16.2. The zero-order valence-corrected chi connectivity index (χ0v) is 61.4. The lowest BCUT2D eigenvalue weighted by atomic mass is 9.97. The van der Waals surface area contributed by atoms with Gasteiger partial charge in [0.2, 0.25) is 0 Å². The van der Waals surface area contributed by atoms with Crippen LogP contribution in [0.2, 0.25) is 0 Å². The number of rotatable bonds is 15. The molecule has 0 aliphatic rings. The summed E-state index contributed by atoms with van der Waals surface area (Å²) in [6, 6.07) is 160. The van der Waals surface area contributed by atoms with Crippen molar-refractivity contribution < 1.29 is 0 Å². The van der Waals surface area contributed by atoms with Crippen LogP contribution in [-0.4, -0.2) is 13.7 Å². The van der Waals surface area contributed by atoms with E-state index in [-0.39, 0.29) is 0 Å². The van der Waals surface area contributed by atoms with Crippen LogP contribution < -0.4 is 4.90 Å². The van der Waals surface area contributed by atoms with Gasteiger partial charge in [0, 0.05) is 66.4 Å². The Labute approximate surface area is 650 Å². The van der Waals surface area contributed by atoms with Crippen molar-refractivity contribution in [3.05, 3.63) is 437 Å². The molecule has 0 atom stereocenters. The van der Waals surface area contributed by atoms with Crippen molar-refractivity contribution in [2.75, 3.05) is 4.90 Å². The fourth-order valence-corrected chi connectivity index (χ4v) is 17.0. The Morgan fingerprint density at radius 3 is 0.580 bits per heavy atom. The minimum absolute atomic E-state index is 1.07. The fraction of sp³-hybridized carbons (Fsp3) is 0. The molecule has 0 N–H and O–H groups in total. The molecule has 0 radical (unpaired) electrons. The Bertz CT molecular complexity index is 6660. The predicted octanol–water partition coefficient (Wildman–Crippen LogP) is 29.5. The van der Waals surface area contributed by atoms with Gasteiger partial charge in [-0.15, -0.1) is 0 Å². The Hall–Kier alpha value is -14.8. The molecule has 4 heteroatoms.